The summed E-state index contributed by atoms with van der Waals surface area (Å²) in [5.74, 6) is -0.584. The Morgan fingerprint density at radius 2 is 1.89 bits per heavy atom. The highest BCUT2D eigenvalue weighted by Crippen LogP contribution is 2.60. The zero-order chi connectivity index (χ0) is 19.6. The van der Waals surface area contributed by atoms with Gasteiger partial charge in [-0.1, -0.05) is 68.8 Å². The summed E-state index contributed by atoms with van der Waals surface area (Å²) >= 11 is 16.1. The van der Waals surface area contributed by atoms with Crippen LogP contribution in [0.25, 0.3) is 0 Å². The van der Waals surface area contributed by atoms with E-state index in [2.05, 4.69) is 36.8 Å². The molecule has 0 radical (unpaired) electrons. The predicted octanol–water partition coefficient (Wildman–Crippen LogP) is 6.13. The lowest BCUT2D eigenvalue weighted by molar-refractivity contribution is -0.141. The normalized spacial score (nSPS) is 22.8. The summed E-state index contributed by atoms with van der Waals surface area (Å²) < 4.78 is 7.32. The largest absolute Gasteiger partial charge is 0.425 e. The van der Waals surface area contributed by atoms with Crippen LogP contribution in [0.1, 0.15) is 27.2 Å². The first-order chi connectivity index (χ1) is 13.4. The maximum Gasteiger partial charge on any atom is 0.316 e. The number of benzene rings is 2. The van der Waals surface area contributed by atoms with Gasteiger partial charge in [-0.25, -0.2) is 0 Å². The SMILES string of the molecule is O=C1Oc2c(Br)cc(Br)cc2[C@H]2c3sc(=O)[nH]c3S[C@@H](c3ccccc3Cl)[C@@H]12. The molecule has 142 valence electrons. The third-order valence-electron chi connectivity index (χ3n) is 4.91. The molecule has 1 N–H and O–H groups in total. The molecule has 2 aliphatic heterocycles. The first-order valence-corrected chi connectivity index (χ1v) is 11.9. The average molecular weight is 560 g/mol. The number of esters is 1. The highest BCUT2D eigenvalue weighted by Gasteiger charge is 2.50. The average Bonchev–Trinajstić information content (AvgIpc) is 3.02. The van der Waals surface area contributed by atoms with Crippen molar-refractivity contribution in [2.45, 2.75) is 16.2 Å². The van der Waals surface area contributed by atoms with Gasteiger partial charge in [-0.3, -0.25) is 9.59 Å². The van der Waals surface area contributed by atoms with Gasteiger partial charge >= 0.3 is 10.8 Å². The summed E-state index contributed by atoms with van der Waals surface area (Å²) in [6.07, 6.45) is 0. The summed E-state index contributed by atoms with van der Waals surface area (Å²) in [6.45, 7) is 0. The molecule has 0 amide bonds. The van der Waals surface area contributed by atoms with Crippen molar-refractivity contribution in [2.24, 2.45) is 5.92 Å². The van der Waals surface area contributed by atoms with Crippen molar-refractivity contribution >= 4 is 72.5 Å². The number of halogens is 3. The number of aromatic nitrogens is 1. The van der Waals surface area contributed by atoms with E-state index in [1.807, 2.05) is 36.4 Å². The monoisotopic (exact) mass is 557 g/mol. The van der Waals surface area contributed by atoms with Crippen LogP contribution in [0.5, 0.6) is 5.75 Å². The van der Waals surface area contributed by atoms with Crippen LogP contribution in [0.4, 0.5) is 0 Å². The Labute approximate surface area is 189 Å². The number of nitrogens with one attached hydrogen (secondary N) is 1. The van der Waals surface area contributed by atoms with E-state index in [-0.39, 0.29) is 22.0 Å². The van der Waals surface area contributed by atoms with E-state index in [1.54, 1.807) is 0 Å². The summed E-state index contributed by atoms with van der Waals surface area (Å²) in [5, 5.41) is 1.11. The van der Waals surface area contributed by atoms with Gasteiger partial charge in [0.1, 0.15) is 5.75 Å². The number of H-pyrrole nitrogens is 1. The molecule has 28 heavy (non-hydrogen) atoms. The van der Waals surface area contributed by atoms with Gasteiger partial charge in [0.05, 0.1) is 20.7 Å². The van der Waals surface area contributed by atoms with Crippen LogP contribution >= 0.6 is 66.6 Å². The molecule has 3 atom stereocenters. The lowest BCUT2D eigenvalue weighted by atomic mass is 9.78. The molecule has 0 saturated heterocycles. The summed E-state index contributed by atoms with van der Waals surface area (Å²) in [5.41, 5.74) is 1.73. The number of thioether (sulfide) groups is 1. The van der Waals surface area contributed by atoms with E-state index in [1.165, 1.54) is 11.8 Å². The van der Waals surface area contributed by atoms with Crippen LogP contribution < -0.4 is 9.61 Å². The standard InChI is InChI=1S/C19H10Br2ClNO3S2/c20-7-5-9-12-13(18(24)26-14(9)10(21)6-7)15(8-3-1-2-4-11(8)22)27-17-16(12)28-19(25)23-17/h1-6,12-13,15H,(H,23,25)/t12-,13+,15+/m1/s1. The number of carbonyl (C=O) groups excluding carboxylic acids is 1. The van der Waals surface area contributed by atoms with Gasteiger partial charge in [0, 0.05) is 25.9 Å². The second-order valence-corrected chi connectivity index (χ2v) is 10.8. The predicted molar refractivity (Wildman–Crippen MR) is 118 cm³/mol. The fourth-order valence-corrected chi connectivity index (χ4v) is 8.09. The second-order valence-electron chi connectivity index (χ2n) is 6.50. The van der Waals surface area contributed by atoms with Crippen molar-refractivity contribution in [3.8, 4) is 5.75 Å². The van der Waals surface area contributed by atoms with Crippen LogP contribution in [0.3, 0.4) is 0 Å². The van der Waals surface area contributed by atoms with Gasteiger partial charge in [-0.15, -0.1) is 0 Å². The molecule has 1 aromatic heterocycles. The lowest BCUT2D eigenvalue weighted by Crippen LogP contribution is -2.37. The van der Waals surface area contributed by atoms with Crippen molar-refractivity contribution < 1.29 is 9.53 Å². The zero-order valence-corrected chi connectivity index (χ0v) is 19.4. The van der Waals surface area contributed by atoms with Gasteiger partial charge in [-0.2, -0.15) is 0 Å². The molecule has 0 bridgehead atoms. The quantitative estimate of drug-likeness (QED) is 0.288. The molecule has 2 aliphatic rings. The number of rotatable bonds is 1. The Balaban J connectivity index is 1.78. The molecular weight excluding hydrogens is 550 g/mol. The van der Waals surface area contributed by atoms with E-state index < -0.39 is 5.92 Å². The summed E-state index contributed by atoms with van der Waals surface area (Å²) in [4.78, 5) is 29.0. The Bertz CT molecular complexity index is 1190. The van der Waals surface area contributed by atoms with Crippen LogP contribution in [0.2, 0.25) is 5.02 Å². The Morgan fingerprint density at radius 3 is 2.68 bits per heavy atom. The van der Waals surface area contributed by atoms with Crippen LogP contribution in [0.15, 0.2) is 55.2 Å². The fourth-order valence-electron chi connectivity index (χ4n) is 3.80. The Hall–Kier alpha value is -1.06. The Morgan fingerprint density at radius 1 is 1.11 bits per heavy atom. The number of ether oxygens (including phenoxy) is 1. The van der Waals surface area contributed by atoms with Crippen molar-refractivity contribution in [3.05, 3.63) is 76.0 Å². The molecule has 0 aliphatic carbocycles. The molecule has 9 heteroatoms. The molecule has 4 nitrogen and oxygen atoms in total. The van der Waals surface area contributed by atoms with Crippen molar-refractivity contribution in [2.75, 3.05) is 0 Å². The maximum absolute atomic E-state index is 13.1. The number of hydrogen-bond donors (Lipinski definition) is 1. The highest BCUT2D eigenvalue weighted by atomic mass is 79.9. The smallest absolute Gasteiger partial charge is 0.316 e. The third-order valence-corrected chi connectivity index (χ3v) is 8.76. The minimum absolute atomic E-state index is 0.134. The van der Waals surface area contributed by atoms with Gasteiger partial charge in [-0.05, 0) is 39.7 Å². The van der Waals surface area contributed by atoms with Gasteiger partial charge < -0.3 is 9.72 Å². The molecule has 0 fully saturated rings. The summed E-state index contributed by atoms with van der Waals surface area (Å²) in [7, 11) is 0. The molecule has 3 heterocycles. The number of thiazole rings is 1. The molecule has 0 unspecified atom stereocenters. The van der Waals surface area contributed by atoms with Crippen LogP contribution in [0, 0.1) is 5.92 Å². The van der Waals surface area contributed by atoms with Gasteiger partial charge in [0.15, 0.2) is 0 Å². The van der Waals surface area contributed by atoms with E-state index in [0.29, 0.717) is 15.2 Å². The van der Waals surface area contributed by atoms with E-state index in [9.17, 15) is 9.59 Å². The molecule has 0 spiro atoms. The van der Waals surface area contributed by atoms with Gasteiger partial charge in [0.2, 0.25) is 0 Å². The van der Waals surface area contributed by atoms with Crippen molar-refractivity contribution in [3.63, 3.8) is 0 Å². The molecule has 0 saturated carbocycles. The highest BCUT2D eigenvalue weighted by molar-refractivity contribution is 9.11. The third kappa shape index (κ3) is 2.92. The van der Waals surface area contributed by atoms with E-state index in [0.717, 1.165) is 36.8 Å². The minimum atomic E-state index is -0.488. The molecule has 5 rings (SSSR count). The topological polar surface area (TPSA) is 59.2 Å². The second kappa shape index (κ2) is 7.02. The molecule has 2 aromatic carbocycles. The first-order valence-electron chi connectivity index (χ1n) is 8.28. The van der Waals surface area contributed by atoms with E-state index in [4.69, 9.17) is 16.3 Å². The number of carbonyl (C=O) groups is 1. The van der Waals surface area contributed by atoms with Crippen LogP contribution in [-0.4, -0.2) is 11.0 Å². The fraction of sp³-hybridized carbons (Fsp3) is 0.158. The Kier molecular flexibility index (Phi) is 4.75. The number of fused-ring (bicyclic) bond motifs is 5. The summed E-state index contributed by atoms with van der Waals surface area (Å²) in [6, 6.07) is 11.3. The molecular formula is C19H10Br2ClNO3S2. The minimum Gasteiger partial charge on any atom is -0.425 e. The lowest BCUT2D eigenvalue weighted by Gasteiger charge is -2.40. The van der Waals surface area contributed by atoms with E-state index >= 15 is 0 Å². The van der Waals surface area contributed by atoms with Crippen molar-refractivity contribution in [1.82, 2.24) is 4.98 Å². The first kappa shape index (κ1) is 18.9. The van der Waals surface area contributed by atoms with Crippen molar-refractivity contribution in [1.29, 1.82) is 0 Å². The molecule has 3 aromatic rings. The number of aromatic amines is 1. The maximum atomic E-state index is 13.1. The van der Waals surface area contributed by atoms with Gasteiger partial charge in [0.25, 0.3) is 0 Å². The zero-order valence-electron chi connectivity index (χ0n) is 13.9. The van der Waals surface area contributed by atoms with Crippen LogP contribution in [-0.2, 0) is 4.79 Å². The number of hydrogen-bond acceptors (Lipinski definition) is 5.